The second kappa shape index (κ2) is 9.18. The summed E-state index contributed by atoms with van der Waals surface area (Å²) < 4.78 is 0. The van der Waals surface area contributed by atoms with Crippen LogP contribution in [-0.2, 0) is 9.59 Å². The van der Waals surface area contributed by atoms with Gasteiger partial charge in [0.05, 0.1) is 11.8 Å². The molecule has 0 saturated carbocycles. The van der Waals surface area contributed by atoms with E-state index in [4.69, 9.17) is 0 Å². The van der Waals surface area contributed by atoms with Gasteiger partial charge in [0, 0.05) is 13.1 Å². The van der Waals surface area contributed by atoms with Gasteiger partial charge in [-0.05, 0) is 24.0 Å². The SMILES string of the molecule is O=C1NCCCCCCNC(=O)[C@@H](c2ccccc2)[C@@H]1c1ccccc1. The van der Waals surface area contributed by atoms with Gasteiger partial charge in [-0.15, -0.1) is 0 Å². The van der Waals surface area contributed by atoms with Crippen LogP contribution >= 0.6 is 0 Å². The molecule has 2 N–H and O–H groups in total. The summed E-state index contributed by atoms with van der Waals surface area (Å²) >= 11 is 0. The smallest absolute Gasteiger partial charge is 0.228 e. The molecular formula is C22H26N2O2. The lowest BCUT2D eigenvalue weighted by Crippen LogP contribution is -2.40. The second-order valence-electron chi connectivity index (χ2n) is 6.77. The lowest BCUT2D eigenvalue weighted by Gasteiger charge is -2.27. The molecule has 2 aromatic rings. The fourth-order valence-corrected chi connectivity index (χ4v) is 3.56. The van der Waals surface area contributed by atoms with Crippen molar-refractivity contribution >= 4 is 11.8 Å². The van der Waals surface area contributed by atoms with Crippen LogP contribution in [0, 0.1) is 0 Å². The van der Waals surface area contributed by atoms with Gasteiger partial charge in [-0.25, -0.2) is 0 Å². The zero-order valence-corrected chi connectivity index (χ0v) is 15.0. The number of benzene rings is 2. The number of hydrogen-bond donors (Lipinski definition) is 2. The van der Waals surface area contributed by atoms with Crippen molar-refractivity contribution in [1.29, 1.82) is 0 Å². The Kier molecular flexibility index (Phi) is 6.42. The monoisotopic (exact) mass is 350 g/mol. The van der Waals surface area contributed by atoms with Gasteiger partial charge < -0.3 is 10.6 Å². The molecule has 136 valence electrons. The predicted octanol–water partition coefficient (Wildman–Crippen LogP) is 3.36. The molecule has 0 radical (unpaired) electrons. The highest BCUT2D eigenvalue weighted by Crippen LogP contribution is 2.34. The lowest BCUT2D eigenvalue weighted by atomic mass is 9.80. The van der Waals surface area contributed by atoms with E-state index in [-0.39, 0.29) is 11.8 Å². The van der Waals surface area contributed by atoms with Crippen molar-refractivity contribution in [3.8, 4) is 0 Å². The summed E-state index contributed by atoms with van der Waals surface area (Å²) in [5.74, 6) is -1.25. The Bertz CT molecular complexity index is 652. The van der Waals surface area contributed by atoms with E-state index in [1.165, 1.54) is 0 Å². The molecule has 26 heavy (non-hydrogen) atoms. The van der Waals surface area contributed by atoms with Crippen molar-refractivity contribution in [1.82, 2.24) is 10.6 Å². The summed E-state index contributed by atoms with van der Waals surface area (Å²) in [6.07, 6.45) is 4.07. The normalized spacial score (nSPS) is 22.5. The first-order chi connectivity index (χ1) is 12.8. The maximum absolute atomic E-state index is 13.1. The molecule has 0 unspecified atom stereocenters. The first-order valence-electron chi connectivity index (χ1n) is 9.42. The molecule has 2 aromatic carbocycles. The molecular weight excluding hydrogens is 324 g/mol. The highest BCUT2D eigenvalue weighted by Gasteiger charge is 2.36. The molecule has 0 spiro atoms. The summed E-state index contributed by atoms with van der Waals surface area (Å²) in [6, 6.07) is 19.2. The Labute approximate surface area is 155 Å². The van der Waals surface area contributed by atoms with Crippen LogP contribution in [0.5, 0.6) is 0 Å². The highest BCUT2D eigenvalue weighted by molar-refractivity contribution is 5.94. The zero-order valence-electron chi connectivity index (χ0n) is 15.0. The molecule has 0 aliphatic carbocycles. The summed E-state index contributed by atoms with van der Waals surface area (Å²) in [5, 5.41) is 6.10. The van der Waals surface area contributed by atoms with Crippen LogP contribution in [-0.4, -0.2) is 24.9 Å². The fourth-order valence-electron chi connectivity index (χ4n) is 3.56. The summed E-state index contributed by atoms with van der Waals surface area (Å²) in [6.45, 7) is 1.32. The van der Waals surface area contributed by atoms with Crippen LogP contribution < -0.4 is 10.6 Å². The van der Waals surface area contributed by atoms with Gasteiger partial charge >= 0.3 is 0 Å². The quantitative estimate of drug-likeness (QED) is 0.872. The number of carbonyl (C=O) groups is 2. The summed E-state index contributed by atoms with van der Waals surface area (Å²) in [4.78, 5) is 26.1. The standard InChI is InChI=1S/C22H26N2O2/c25-21-19(17-11-5-3-6-12-17)20(18-13-7-4-8-14-18)22(26)24-16-10-2-1-9-15-23-21/h3-8,11-14,19-20H,1-2,9-10,15-16H2,(H,23,25)(H,24,26)/t19-,20-/m0/s1. The Morgan fingerprint density at radius 1 is 0.577 bits per heavy atom. The van der Waals surface area contributed by atoms with Crippen molar-refractivity contribution in [3.05, 3.63) is 71.8 Å². The van der Waals surface area contributed by atoms with Gasteiger partial charge in [0.15, 0.2) is 0 Å². The first-order valence-corrected chi connectivity index (χ1v) is 9.42. The first kappa shape index (κ1) is 18.2. The van der Waals surface area contributed by atoms with E-state index < -0.39 is 11.8 Å². The zero-order chi connectivity index (χ0) is 18.2. The second-order valence-corrected chi connectivity index (χ2v) is 6.77. The van der Waals surface area contributed by atoms with E-state index in [0.29, 0.717) is 13.1 Å². The van der Waals surface area contributed by atoms with Gasteiger partial charge in [-0.2, -0.15) is 0 Å². The number of nitrogens with one attached hydrogen (secondary N) is 2. The Morgan fingerprint density at radius 2 is 0.962 bits per heavy atom. The van der Waals surface area contributed by atoms with Gasteiger partial charge in [0.1, 0.15) is 0 Å². The topological polar surface area (TPSA) is 58.2 Å². The maximum atomic E-state index is 13.1. The fraction of sp³-hybridized carbons (Fsp3) is 0.364. The molecule has 1 heterocycles. The minimum Gasteiger partial charge on any atom is -0.356 e. The molecule has 1 saturated heterocycles. The molecule has 1 aliphatic heterocycles. The number of hydrogen-bond acceptors (Lipinski definition) is 2. The van der Waals surface area contributed by atoms with E-state index in [1.54, 1.807) is 0 Å². The van der Waals surface area contributed by atoms with Crippen LogP contribution in [0.4, 0.5) is 0 Å². The molecule has 4 heteroatoms. The third-order valence-corrected chi connectivity index (χ3v) is 4.92. The van der Waals surface area contributed by atoms with E-state index >= 15 is 0 Å². The number of rotatable bonds is 2. The molecule has 3 rings (SSSR count). The van der Waals surface area contributed by atoms with Crippen LogP contribution in [0.2, 0.25) is 0 Å². The van der Waals surface area contributed by atoms with Gasteiger partial charge in [0.25, 0.3) is 0 Å². The molecule has 0 aromatic heterocycles. The average molecular weight is 350 g/mol. The van der Waals surface area contributed by atoms with E-state index in [1.807, 2.05) is 60.7 Å². The Hall–Kier alpha value is -2.62. The molecule has 1 fully saturated rings. The molecule has 4 nitrogen and oxygen atoms in total. The van der Waals surface area contributed by atoms with Crippen molar-refractivity contribution in [2.45, 2.75) is 37.5 Å². The van der Waals surface area contributed by atoms with Gasteiger partial charge in [-0.3, -0.25) is 9.59 Å². The Balaban J connectivity index is 2.02. The third kappa shape index (κ3) is 4.51. The third-order valence-electron chi connectivity index (χ3n) is 4.92. The van der Waals surface area contributed by atoms with Crippen LogP contribution in [0.3, 0.4) is 0 Å². The van der Waals surface area contributed by atoms with Crippen molar-refractivity contribution in [2.75, 3.05) is 13.1 Å². The molecule has 2 amide bonds. The largest absolute Gasteiger partial charge is 0.356 e. The molecule has 0 bridgehead atoms. The number of carbonyl (C=O) groups excluding carboxylic acids is 2. The lowest BCUT2D eigenvalue weighted by molar-refractivity contribution is -0.129. The minimum absolute atomic E-state index is 0.0826. The molecule has 1 aliphatic rings. The van der Waals surface area contributed by atoms with Crippen LogP contribution in [0.1, 0.15) is 48.6 Å². The number of amides is 2. The maximum Gasteiger partial charge on any atom is 0.228 e. The molecule has 2 atom stereocenters. The minimum atomic E-state index is -0.543. The van der Waals surface area contributed by atoms with Crippen LogP contribution in [0.15, 0.2) is 60.7 Å². The predicted molar refractivity (Wildman–Crippen MR) is 103 cm³/mol. The van der Waals surface area contributed by atoms with E-state index in [9.17, 15) is 9.59 Å². The summed E-state index contributed by atoms with van der Waals surface area (Å²) in [5.41, 5.74) is 1.73. The van der Waals surface area contributed by atoms with Crippen molar-refractivity contribution < 1.29 is 9.59 Å². The van der Waals surface area contributed by atoms with E-state index in [2.05, 4.69) is 10.6 Å². The Morgan fingerprint density at radius 3 is 1.35 bits per heavy atom. The van der Waals surface area contributed by atoms with E-state index in [0.717, 1.165) is 36.8 Å². The highest BCUT2D eigenvalue weighted by atomic mass is 16.2. The van der Waals surface area contributed by atoms with Crippen molar-refractivity contribution in [2.24, 2.45) is 0 Å². The van der Waals surface area contributed by atoms with Crippen LogP contribution in [0.25, 0.3) is 0 Å². The van der Waals surface area contributed by atoms with Gasteiger partial charge in [0.2, 0.25) is 11.8 Å². The van der Waals surface area contributed by atoms with Crippen molar-refractivity contribution in [3.63, 3.8) is 0 Å². The average Bonchev–Trinajstić information content (AvgIpc) is 2.68. The van der Waals surface area contributed by atoms with Gasteiger partial charge in [-0.1, -0.05) is 73.5 Å². The summed E-state index contributed by atoms with van der Waals surface area (Å²) in [7, 11) is 0.